The fourth-order valence-corrected chi connectivity index (χ4v) is 2.61. The monoisotopic (exact) mass is 362 g/mol. The minimum atomic E-state index is -0.219. The van der Waals surface area contributed by atoms with Crippen molar-refractivity contribution in [2.24, 2.45) is 0 Å². The Bertz CT molecular complexity index is 867. The summed E-state index contributed by atoms with van der Waals surface area (Å²) in [5.41, 5.74) is 3.75. The molecule has 2 aromatic carbocycles. The zero-order chi connectivity index (χ0) is 18.9. The number of rotatable bonds is 7. The second kappa shape index (κ2) is 9.33. The van der Waals surface area contributed by atoms with Crippen LogP contribution in [0.25, 0.3) is 11.3 Å². The first-order valence-corrected chi connectivity index (χ1v) is 8.75. The molecule has 0 aliphatic carbocycles. The molecule has 0 saturated heterocycles. The van der Waals surface area contributed by atoms with E-state index in [1.807, 2.05) is 60.7 Å². The predicted octanol–water partition coefficient (Wildman–Crippen LogP) is 3.19. The molecule has 138 valence electrons. The van der Waals surface area contributed by atoms with Crippen molar-refractivity contribution in [2.75, 3.05) is 13.7 Å². The van der Waals surface area contributed by atoms with E-state index < -0.39 is 0 Å². The van der Waals surface area contributed by atoms with Crippen molar-refractivity contribution in [1.82, 2.24) is 20.6 Å². The molecule has 2 N–H and O–H groups in total. The lowest BCUT2D eigenvalue weighted by Crippen LogP contribution is -2.36. The number of carbonyl (C=O) groups excluding carboxylic acids is 1. The third-order valence-electron chi connectivity index (χ3n) is 4.08. The van der Waals surface area contributed by atoms with Gasteiger partial charge in [-0.25, -0.2) is 14.8 Å². The van der Waals surface area contributed by atoms with Gasteiger partial charge < -0.3 is 15.4 Å². The Labute approximate surface area is 158 Å². The van der Waals surface area contributed by atoms with Crippen molar-refractivity contribution in [3.05, 3.63) is 78.2 Å². The van der Waals surface area contributed by atoms with Crippen molar-refractivity contribution < 1.29 is 9.53 Å². The molecule has 3 aromatic rings. The number of carbonyl (C=O) groups is 1. The van der Waals surface area contributed by atoms with Crippen LogP contribution in [-0.2, 0) is 13.0 Å². The standard InChI is InChI=1S/C21H22N4O2/c1-27-19-9-7-16(8-10-19)11-12-22-21(26)23-14-18-13-20(25-15-24-18)17-5-3-2-4-6-17/h2-10,13,15H,11-12,14H2,1H3,(H2,22,23,26). The van der Waals surface area contributed by atoms with Gasteiger partial charge in [0.05, 0.1) is 25.0 Å². The van der Waals surface area contributed by atoms with Crippen LogP contribution in [0.3, 0.4) is 0 Å². The number of methoxy groups -OCH3 is 1. The fourth-order valence-electron chi connectivity index (χ4n) is 2.61. The molecule has 1 heterocycles. The molecular weight excluding hydrogens is 340 g/mol. The smallest absolute Gasteiger partial charge is 0.315 e. The third kappa shape index (κ3) is 5.54. The average Bonchev–Trinajstić information content (AvgIpc) is 2.73. The van der Waals surface area contributed by atoms with E-state index >= 15 is 0 Å². The molecule has 3 rings (SSSR count). The van der Waals surface area contributed by atoms with Crippen LogP contribution in [0.1, 0.15) is 11.3 Å². The minimum absolute atomic E-state index is 0.219. The van der Waals surface area contributed by atoms with E-state index in [0.717, 1.165) is 34.7 Å². The van der Waals surface area contributed by atoms with E-state index in [1.165, 1.54) is 6.33 Å². The van der Waals surface area contributed by atoms with Gasteiger partial charge in [0.25, 0.3) is 0 Å². The van der Waals surface area contributed by atoms with Gasteiger partial charge >= 0.3 is 6.03 Å². The van der Waals surface area contributed by atoms with Gasteiger partial charge in [0.15, 0.2) is 0 Å². The van der Waals surface area contributed by atoms with Crippen molar-refractivity contribution in [3.63, 3.8) is 0 Å². The molecule has 0 unspecified atom stereocenters. The Morgan fingerprint density at radius 1 is 1.00 bits per heavy atom. The topological polar surface area (TPSA) is 76.1 Å². The van der Waals surface area contributed by atoms with Gasteiger partial charge in [0, 0.05) is 12.1 Å². The fraction of sp³-hybridized carbons (Fsp3) is 0.190. The molecule has 6 heteroatoms. The largest absolute Gasteiger partial charge is 0.497 e. The zero-order valence-electron chi connectivity index (χ0n) is 15.2. The zero-order valence-corrected chi connectivity index (χ0v) is 15.2. The Kier molecular flexibility index (Phi) is 6.35. The van der Waals surface area contributed by atoms with Gasteiger partial charge in [-0.05, 0) is 30.2 Å². The lowest BCUT2D eigenvalue weighted by Gasteiger charge is -2.08. The summed E-state index contributed by atoms with van der Waals surface area (Å²) in [7, 11) is 1.64. The molecule has 0 radical (unpaired) electrons. The van der Waals surface area contributed by atoms with Crippen molar-refractivity contribution in [3.8, 4) is 17.0 Å². The third-order valence-corrected chi connectivity index (χ3v) is 4.08. The molecule has 1 aromatic heterocycles. The molecule has 0 aliphatic rings. The van der Waals surface area contributed by atoms with E-state index in [0.29, 0.717) is 13.1 Å². The van der Waals surface area contributed by atoms with E-state index in [1.54, 1.807) is 7.11 Å². The molecule has 0 atom stereocenters. The highest BCUT2D eigenvalue weighted by molar-refractivity contribution is 5.73. The SMILES string of the molecule is COc1ccc(CCNC(=O)NCc2cc(-c3ccccc3)ncn2)cc1. The van der Waals surface area contributed by atoms with Crippen molar-refractivity contribution in [1.29, 1.82) is 0 Å². The number of hydrogen-bond acceptors (Lipinski definition) is 4. The maximum Gasteiger partial charge on any atom is 0.315 e. The first-order chi connectivity index (χ1) is 13.2. The van der Waals surface area contributed by atoms with Crippen LogP contribution in [0.5, 0.6) is 5.75 Å². The Hall–Kier alpha value is -3.41. The van der Waals surface area contributed by atoms with Gasteiger partial charge in [0.1, 0.15) is 12.1 Å². The molecule has 0 aliphatic heterocycles. The molecule has 0 fully saturated rings. The molecule has 2 amide bonds. The van der Waals surface area contributed by atoms with E-state index in [4.69, 9.17) is 4.74 Å². The van der Waals surface area contributed by atoms with Gasteiger partial charge in [-0.15, -0.1) is 0 Å². The van der Waals surface area contributed by atoms with Crippen LogP contribution >= 0.6 is 0 Å². The lowest BCUT2D eigenvalue weighted by atomic mass is 10.1. The highest BCUT2D eigenvalue weighted by Gasteiger charge is 2.04. The van der Waals surface area contributed by atoms with Crippen LogP contribution in [0.15, 0.2) is 67.0 Å². The highest BCUT2D eigenvalue weighted by Crippen LogP contribution is 2.16. The number of nitrogens with zero attached hydrogens (tertiary/aromatic N) is 2. The van der Waals surface area contributed by atoms with Gasteiger partial charge in [-0.2, -0.15) is 0 Å². The normalized spacial score (nSPS) is 10.3. The molecule has 6 nitrogen and oxygen atoms in total. The number of hydrogen-bond donors (Lipinski definition) is 2. The van der Waals surface area contributed by atoms with Crippen LogP contribution in [-0.4, -0.2) is 29.7 Å². The van der Waals surface area contributed by atoms with Gasteiger partial charge in [-0.3, -0.25) is 0 Å². The summed E-state index contributed by atoms with van der Waals surface area (Å²) in [6, 6.07) is 19.3. The summed E-state index contributed by atoms with van der Waals surface area (Å²) in [6.45, 7) is 0.897. The second-order valence-electron chi connectivity index (χ2n) is 5.97. The van der Waals surface area contributed by atoms with E-state index in [9.17, 15) is 4.79 Å². The van der Waals surface area contributed by atoms with Crippen LogP contribution < -0.4 is 15.4 Å². The van der Waals surface area contributed by atoms with E-state index in [2.05, 4.69) is 20.6 Å². The molecule has 27 heavy (non-hydrogen) atoms. The maximum atomic E-state index is 12.0. The van der Waals surface area contributed by atoms with Crippen LogP contribution in [0.2, 0.25) is 0 Å². The summed E-state index contributed by atoms with van der Waals surface area (Å²) in [5.74, 6) is 0.823. The predicted molar refractivity (Wildman–Crippen MR) is 104 cm³/mol. The summed E-state index contributed by atoms with van der Waals surface area (Å²) >= 11 is 0. The maximum absolute atomic E-state index is 12.0. The summed E-state index contributed by atoms with van der Waals surface area (Å²) < 4.78 is 5.13. The second-order valence-corrected chi connectivity index (χ2v) is 5.97. The first kappa shape index (κ1) is 18.4. The average molecular weight is 362 g/mol. The Balaban J connectivity index is 1.45. The highest BCUT2D eigenvalue weighted by atomic mass is 16.5. The molecule has 0 spiro atoms. The van der Waals surface area contributed by atoms with E-state index in [-0.39, 0.29) is 6.03 Å². The number of urea groups is 1. The van der Waals surface area contributed by atoms with Crippen molar-refractivity contribution >= 4 is 6.03 Å². The van der Waals surface area contributed by atoms with Gasteiger partial charge in [-0.1, -0.05) is 42.5 Å². The molecule has 0 saturated carbocycles. The number of aromatic nitrogens is 2. The molecular formula is C21H22N4O2. The number of benzene rings is 2. The summed E-state index contributed by atoms with van der Waals surface area (Å²) in [5, 5.41) is 5.67. The first-order valence-electron chi connectivity index (χ1n) is 8.75. The Morgan fingerprint density at radius 2 is 1.78 bits per heavy atom. The van der Waals surface area contributed by atoms with Crippen LogP contribution in [0, 0.1) is 0 Å². The minimum Gasteiger partial charge on any atom is -0.497 e. The lowest BCUT2D eigenvalue weighted by molar-refractivity contribution is 0.240. The number of nitrogens with one attached hydrogen (secondary N) is 2. The number of ether oxygens (including phenoxy) is 1. The van der Waals surface area contributed by atoms with Crippen molar-refractivity contribution in [2.45, 2.75) is 13.0 Å². The summed E-state index contributed by atoms with van der Waals surface area (Å²) in [6.07, 6.45) is 2.27. The van der Waals surface area contributed by atoms with Crippen LogP contribution in [0.4, 0.5) is 4.79 Å². The van der Waals surface area contributed by atoms with Gasteiger partial charge in [0.2, 0.25) is 0 Å². The number of amides is 2. The quantitative estimate of drug-likeness (QED) is 0.677. The Morgan fingerprint density at radius 3 is 2.52 bits per heavy atom. The summed E-state index contributed by atoms with van der Waals surface area (Å²) in [4.78, 5) is 20.5. The molecule has 0 bridgehead atoms.